The molecule has 0 aromatic carbocycles. The first kappa shape index (κ1) is 13.3. The number of aromatic nitrogens is 2. The van der Waals surface area contributed by atoms with Crippen LogP contribution in [0.3, 0.4) is 0 Å². The first-order chi connectivity index (χ1) is 9.19. The molecule has 102 valence electrons. The molecule has 1 heterocycles. The Balaban J connectivity index is 1.78. The number of esters is 1. The second-order valence-corrected chi connectivity index (χ2v) is 4.30. The highest BCUT2D eigenvalue weighted by Crippen LogP contribution is 2.18. The van der Waals surface area contributed by atoms with Gasteiger partial charge in [0.05, 0.1) is 19.5 Å². The largest absolute Gasteiger partial charge is 0.464 e. The predicted molar refractivity (Wildman–Crippen MR) is 67.6 cm³/mol. The minimum absolute atomic E-state index is 0.0204. The van der Waals surface area contributed by atoms with Crippen molar-refractivity contribution in [3.63, 3.8) is 0 Å². The van der Waals surface area contributed by atoms with Crippen LogP contribution < -0.4 is 10.6 Å². The molecule has 1 aliphatic rings. The summed E-state index contributed by atoms with van der Waals surface area (Å²) in [6.45, 7) is 0.442. The van der Waals surface area contributed by atoms with E-state index < -0.39 is 5.97 Å². The zero-order valence-corrected chi connectivity index (χ0v) is 10.7. The summed E-state index contributed by atoms with van der Waals surface area (Å²) in [6, 6.07) is 0.370. The average Bonchev–Trinajstić information content (AvgIpc) is 3.22. The van der Waals surface area contributed by atoms with E-state index in [1.54, 1.807) is 0 Å². The van der Waals surface area contributed by atoms with Crippen molar-refractivity contribution in [2.24, 2.45) is 0 Å². The van der Waals surface area contributed by atoms with E-state index in [2.05, 4.69) is 25.3 Å². The molecule has 0 spiro atoms. The monoisotopic (exact) mass is 264 g/mol. The molecule has 1 amide bonds. The van der Waals surface area contributed by atoms with Crippen molar-refractivity contribution in [3.05, 3.63) is 18.1 Å². The topological polar surface area (TPSA) is 93.2 Å². The van der Waals surface area contributed by atoms with E-state index in [0.29, 0.717) is 24.8 Å². The van der Waals surface area contributed by atoms with E-state index in [1.165, 1.54) is 19.5 Å². The van der Waals surface area contributed by atoms with Gasteiger partial charge in [-0.15, -0.1) is 0 Å². The Morgan fingerprint density at radius 2 is 2.21 bits per heavy atom. The van der Waals surface area contributed by atoms with Crippen molar-refractivity contribution in [2.75, 3.05) is 19.0 Å². The number of nitrogens with zero attached hydrogens (tertiary/aromatic N) is 2. The maximum Gasteiger partial charge on any atom is 0.358 e. The fraction of sp³-hybridized carbons (Fsp3) is 0.500. The minimum atomic E-state index is -0.539. The van der Waals surface area contributed by atoms with Crippen LogP contribution in [0.5, 0.6) is 0 Å². The summed E-state index contributed by atoms with van der Waals surface area (Å²) in [7, 11) is 1.28. The van der Waals surface area contributed by atoms with Gasteiger partial charge in [0, 0.05) is 19.0 Å². The Bertz CT molecular complexity index is 474. The van der Waals surface area contributed by atoms with Gasteiger partial charge in [0.1, 0.15) is 5.82 Å². The molecule has 2 rings (SSSR count). The number of ether oxygens (including phenoxy) is 1. The Kier molecular flexibility index (Phi) is 4.27. The minimum Gasteiger partial charge on any atom is -0.464 e. The van der Waals surface area contributed by atoms with Gasteiger partial charge in [0.15, 0.2) is 5.69 Å². The summed E-state index contributed by atoms with van der Waals surface area (Å²) in [5, 5.41) is 5.84. The molecular weight excluding hydrogens is 248 g/mol. The Labute approximate surface area is 110 Å². The molecule has 7 nitrogen and oxygen atoms in total. The van der Waals surface area contributed by atoms with Gasteiger partial charge in [-0.05, 0) is 12.8 Å². The van der Waals surface area contributed by atoms with Crippen molar-refractivity contribution in [1.82, 2.24) is 15.3 Å². The molecule has 0 atom stereocenters. The smallest absolute Gasteiger partial charge is 0.358 e. The predicted octanol–water partition coefficient (Wildman–Crippen LogP) is 0.344. The summed E-state index contributed by atoms with van der Waals surface area (Å²) < 4.78 is 4.55. The lowest BCUT2D eigenvalue weighted by molar-refractivity contribution is -0.120. The summed E-state index contributed by atoms with van der Waals surface area (Å²) in [5.41, 5.74) is 0.134. The van der Waals surface area contributed by atoms with Gasteiger partial charge < -0.3 is 15.4 Å². The standard InChI is InChI=1S/C12H16N4O3/c1-19-12(18)9-6-13-7-10(16-9)14-5-4-11(17)15-8-2-3-8/h6-8H,2-5H2,1H3,(H,14,16)(H,15,17). The normalized spacial score (nSPS) is 13.7. The van der Waals surface area contributed by atoms with Crippen molar-refractivity contribution >= 4 is 17.7 Å². The van der Waals surface area contributed by atoms with Crippen molar-refractivity contribution in [3.8, 4) is 0 Å². The number of methoxy groups -OCH3 is 1. The van der Waals surface area contributed by atoms with Gasteiger partial charge in [-0.1, -0.05) is 0 Å². The zero-order valence-electron chi connectivity index (χ0n) is 10.7. The molecule has 1 saturated carbocycles. The number of anilines is 1. The summed E-state index contributed by atoms with van der Waals surface area (Å²) >= 11 is 0. The van der Waals surface area contributed by atoms with Crippen LogP contribution in [-0.4, -0.2) is 41.5 Å². The number of carbonyl (C=O) groups is 2. The van der Waals surface area contributed by atoms with Crippen LogP contribution in [0.4, 0.5) is 5.82 Å². The maximum atomic E-state index is 11.4. The maximum absolute atomic E-state index is 11.4. The number of hydrogen-bond acceptors (Lipinski definition) is 6. The summed E-state index contributed by atoms with van der Waals surface area (Å²) in [6.07, 6.45) is 5.33. The first-order valence-corrected chi connectivity index (χ1v) is 6.12. The fourth-order valence-electron chi connectivity index (χ4n) is 1.49. The molecule has 2 N–H and O–H groups in total. The lowest BCUT2D eigenvalue weighted by Gasteiger charge is -2.06. The van der Waals surface area contributed by atoms with E-state index in [9.17, 15) is 9.59 Å². The molecule has 0 saturated heterocycles. The lowest BCUT2D eigenvalue weighted by Crippen LogP contribution is -2.27. The number of rotatable bonds is 6. The van der Waals surface area contributed by atoms with E-state index in [1.807, 2.05) is 0 Å². The fourth-order valence-corrected chi connectivity index (χ4v) is 1.49. The molecule has 19 heavy (non-hydrogen) atoms. The Morgan fingerprint density at radius 1 is 1.42 bits per heavy atom. The van der Waals surface area contributed by atoms with Crippen molar-refractivity contribution in [2.45, 2.75) is 25.3 Å². The highest BCUT2D eigenvalue weighted by atomic mass is 16.5. The van der Waals surface area contributed by atoms with Gasteiger partial charge in [-0.3, -0.25) is 9.78 Å². The van der Waals surface area contributed by atoms with E-state index in [0.717, 1.165) is 12.8 Å². The van der Waals surface area contributed by atoms with Crippen molar-refractivity contribution in [1.29, 1.82) is 0 Å². The van der Waals surface area contributed by atoms with E-state index in [-0.39, 0.29) is 11.6 Å². The van der Waals surface area contributed by atoms with Gasteiger partial charge in [-0.2, -0.15) is 0 Å². The molecular formula is C12H16N4O3. The van der Waals surface area contributed by atoms with Gasteiger partial charge >= 0.3 is 5.97 Å². The highest BCUT2D eigenvalue weighted by Gasteiger charge is 2.22. The highest BCUT2D eigenvalue weighted by molar-refractivity contribution is 5.87. The third-order valence-corrected chi connectivity index (χ3v) is 2.63. The van der Waals surface area contributed by atoms with Crippen LogP contribution in [0.2, 0.25) is 0 Å². The van der Waals surface area contributed by atoms with Gasteiger partial charge in [0.2, 0.25) is 5.91 Å². The van der Waals surface area contributed by atoms with Crippen LogP contribution in [0, 0.1) is 0 Å². The quantitative estimate of drug-likeness (QED) is 0.720. The number of amides is 1. The molecule has 0 bridgehead atoms. The van der Waals surface area contributed by atoms with Crippen LogP contribution in [0.15, 0.2) is 12.4 Å². The summed E-state index contributed by atoms with van der Waals surface area (Å²) in [4.78, 5) is 30.6. The molecule has 1 fully saturated rings. The third kappa shape index (κ3) is 4.20. The molecule has 7 heteroatoms. The zero-order chi connectivity index (χ0) is 13.7. The van der Waals surface area contributed by atoms with E-state index >= 15 is 0 Å². The van der Waals surface area contributed by atoms with Crippen LogP contribution in [-0.2, 0) is 9.53 Å². The SMILES string of the molecule is COC(=O)c1cncc(NCCC(=O)NC2CC2)n1. The Morgan fingerprint density at radius 3 is 2.89 bits per heavy atom. The second-order valence-electron chi connectivity index (χ2n) is 4.30. The average molecular weight is 264 g/mol. The first-order valence-electron chi connectivity index (χ1n) is 6.12. The number of nitrogens with one attached hydrogen (secondary N) is 2. The molecule has 1 aliphatic carbocycles. The molecule has 0 radical (unpaired) electrons. The number of carbonyl (C=O) groups excluding carboxylic acids is 2. The molecule has 0 unspecified atom stereocenters. The molecule has 1 aromatic rings. The number of hydrogen-bond donors (Lipinski definition) is 2. The van der Waals surface area contributed by atoms with Crippen LogP contribution in [0.25, 0.3) is 0 Å². The molecule has 0 aliphatic heterocycles. The van der Waals surface area contributed by atoms with Crippen LogP contribution in [0.1, 0.15) is 29.8 Å². The summed E-state index contributed by atoms with van der Waals surface area (Å²) in [5.74, 6) is -0.0724. The van der Waals surface area contributed by atoms with Crippen molar-refractivity contribution < 1.29 is 14.3 Å². The van der Waals surface area contributed by atoms with Gasteiger partial charge in [0.25, 0.3) is 0 Å². The Hall–Kier alpha value is -2.18. The van der Waals surface area contributed by atoms with Gasteiger partial charge in [-0.25, -0.2) is 9.78 Å². The second kappa shape index (κ2) is 6.12. The van der Waals surface area contributed by atoms with E-state index in [4.69, 9.17) is 0 Å². The van der Waals surface area contributed by atoms with Crippen LogP contribution >= 0.6 is 0 Å². The third-order valence-electron chi connectivity index (χ3n) is 2.63. The lowest BCUT2D eigenvalue weighted by atomic mass is 10.4. The molecule has 1 aromatic heterocycles.